The summed E-state index contributed by atoms with van der Waals surface area (Å²) in [6, 6.07) is 12.0. The Morgan fingerprint density at radius 1 is 1.15 bits per heavy atom. The average molecular weight is 356 g/mol. The number of benzene rings is 2. The minimum atomic E-state index is -0.571. The monoisotopic (exact) mass is 356 g/mol. The van der Waals surface area contributed by atoms with Crippen LogP contribution in [0.4, 0.5) is 15.8 Å². The molecule has 3 rings (SSSR count). The molecule has 134 valence electrons. The van der Waals surface area contributed by atoms with E-state index in [2.05, 4.69) is 5.32 Å². The summed E-state index contributed by atoms with van der Waals surface area (Å²) in [6.45, 7) is 0.191. The molecule has 26 heavy (non-hydrogen) atoms. The van der Waals surface area contributed by atoms with Crippen LogP contribution in [0.2, 0.25) is 0 Å². The maximum Gasteiger partial charge on any atom is 0.339 e. The number of methoxy groups -OCH3 is 1. The Morgan fingerprint density at radius 3 is 2.54 bits per heavy atom. The zero-order valence-corrected chi connectivity index (χ0v) is 14.1. The van der Waals surface area contributed by atoms with Gasteiger partial charge in [0.05, 0.1) is 24.3 Å². The number of esters is 1. The molecule has 0 saturated carbocycles. The first-order valence-corrected chi connectivity index (χ1v) is 8.03. The van der Waals surface area contributed by atoms with Crippen LogP contribution in [0.3, 0.4) is 0 Å². The maximum atomic E-state index is 13.0. The van der Waals surface area contributed by atoms with Crippen LogP contribution in [-0.2, 0) is 14.3 Å². The van der Waals surface area contributed by atoms with Crippen LogP contribution in [-0.4, -0.2) is 31.4 Å². The first kappa shape index (κ1) is 17.6. The lowest BCUT2D eigenvalue weighted by molar-refractivity contribution is -0.122. The molecular weight excluding hydrogens is 339 g/mol. The van der Waals surface area contributed by atoms with Gasteiger partial charge in [0.1, 0.15) is 5.82 Å². The molecule has 6 nitrogen and oxygen atoms in total. The van der Waals surface area contributed by atoms with Gasteiger partial charge in [-0.05, 0) is 36.4 Å². The fourth-order valence-corrected chi connectivity index (χ4v) is 2.87. The molecule has 0 bridgehead atoms. The smallest absolute Gasteiger partial charge is 0.339 e. The molecule has 2 amide bonds. The van der Waals surface area contributed by atoms with Gasteiger partial charge in [0, 0.05) is 18.7 Å². The van der Waals surface area contributed by atoms with Crippen LogP contribution in [0.15, 0.2) is 48.5 Å². The van der Waals surface area contributed by atoms with Gasteiger partial charge in [0.25, 0.3) is 0 Å². The quantitative estimate of drug-likeness (QED) is 0.855. The molecule has 0 unspecified atom stereocenters. The molecule has 1 fully saturated rings. The molecule has 0 aliphatic carbocycles. The Hall–Kier alpha value is -3.22. The van der Waals surface area contributed by atoms with Crippen LogP contribution >= 0.6 is 0 Å². The summed E-state index contributed by atoms with van der Waals surface area (Å²) in [5.41, 5.74) is 1.11. The predicted octanol–water partition coefficient (Wildman–Crippen LogP) is 2.60. The minimum Gasteiger partial charge on any atom is -0.465 e. The van der Waals surface area contributed by atoms with Gasteiger partial charge in [0.2, 0.25) is 11.8 Å². The highest BCUT2D eigenvalue weighted by Gasteiger charge is 2.35. The van der Waals surface area contributed by atoms with Crippen molar-refractivity contribution >= 4 is 29.2 Å². The number of anilines is 2. The van der Waals surface area contributed by atoms with Crippen molar-refractivity contribution in [3.05, 3.63) is 59.9 Å². The second-order valence-corrected chi connectivity index (χ2v) is 5.91. The number of nitrogens with one attached hydrogen (secondary N) is 1. The molecule has 0 radical (unpaired) electrons. The summed E-state index contributed by atoms with van der Waals surface area (Å²) < 4.78 is 17.7. The molecule has 1 N–H and O–H groups in total. The van der Waals surface area contributed by atoms with Crippen LogP contribution < -0.4 is 10.2 Å². The molecule has 0 spiro atoms. The number of hydrogen-bond donors (Lipinski definition) is 1. The SMILES string of the molecule is COC(=O)c1ccccc1NC(=O)[C@@H]1CC(=O)N(c2ccc(F)cc2)C1. The fraction of sp³-hybridized carbons (Fsp3) is 0.211. The van der Waals surface area contributed by atoms with E-state index in [-0.39, 0.29) is 30.3 Å². The Labute approximate surface area is 149 Å². The number of halogens is 1. The number of amides is 2. The van der Waals surface area contributed by atoms with E-state index in [1.807, 2.05) is 0 Å². The fourth-order valence-electron chi connectivity index (χ4n) is 2.87. The third-order valence-electron chi connectivity index (χ3n) is 4.22. The van der Waals surface area contributed by atoms with Crippen LogP contribution in [0.5, 0.6) is 0 Å². The lowest BCUT2D eigenvalue weighted by Gasteiger charge is -2.17. The van der Waals surface area contributed by atoms with E-state index in [4.69, 9.17) is 4.74 Å². The normalized spacial score (nSPS) is 16.5. The van der Waals surface area contributed by atoms with Crippen molar-refractivity contribution in [2.45, 2.75) is 6.42 Å². The van der Waals surface area contributed by atoms with Crippen molar-refractivity contribution in [1.29, 1.82) is 0 Å². The zero-order valence-electron chi connectivity index (χ0n) is 14.1. The molecule has 1 aliphatic heterocycles. The summed E-state index contributed by atoms with van der Waals surface area (Å²) in [5, 5.41) is 2.69. The number of carbonyl (C=O) groups is 3. The molecule has 1 aliphatic rings. The molecule has 1 atom stereocenters. The number of ether oxygens (including phenoxy) is 1. The molecule has 0 aromatic heterocycles. The lowest BCUT2D eigenvalue weighted by Crippen LogP contribution is -2.28. The van der Waals surface area contributed by atoms with E-state index in [1.165, 1.54) is 36.3 Å². The van der Waals surface area contributed by atoms with Gasteiger partial charge < -0.3 is 15.0 Å². The number of rotatable bonds is 4. The first-order valence-electron chi connectivity index (χ1n) is 8.03. The molecule has 1 heterocycles. The number of para-hydroxylation sites is 1. The van der Waals surface area contributed by atoms with E-state index in [0.29, 0.717) is 11.4 Å². The Balaban J connectivity index is 1.73. The highest BCUT2D eigenvalue weighted by molar-refractivity contribution is 6.06. The van der Waals surface area contributed by atoms with E-state index >= 15 is 0 Å². The van der Waals surface area contributed by atoms with Crippen molar-refractivity contribution in [2.75, 3.05) is 23.9 Å². The molecular formula is C19H17FN2O4. The van der Waals surface area contributed by atoms with Crippen molar-refractivity contribution in [3.63, 3.8) is 0 Å². The largest absolute Gasteiger partial charge is 0.465 e. The molecule has 1 saturated heterocycles. The first-order chi connectivity index (χ1) is 12.5. The van der Waals surface area contributed by atoms with Crippen molar-refractivity contribution < 1.29 is 23.5 Å². The van der Waals surface area contributed by atoms with Gasteiger partial charge in [0.15, 0.2) is 0 Å². The third kappa shape index (κ3) is 3.56. The molecule has 2 aromatic rings. The van der Waals surface area contributed by atoms with E-state index < -0.39 is 17.7 Å². The van der Waals surface area contributed by atoms with Gasteiger partial charge in [-0.1, -0.05) is 12.1 Å². The summed E-state index contributed by atoms with van der Waals surface area (Å²) in [6.07, 6.45) is 0.0452. The number of nitrogens with zero attached hydrogens (tertiary/aromatic N) is 1. The zero-order chi connectivity index (χ0) is 18.7. The number of carbonyl (C=O) groups excluding carboxylic acids is 3. The number of hydrogen-bond acceptors (Lipinski definition) is 4. The Morgan fingerprint density at radius 2 is 1.85 bits per heavy atom. The highest BCUT2D eigenvalue weighted by Crippen LogP contribution is 2.27. The Kier molecular flexibility index (Phi) is 4.97. The summed E-state index contributed by atoms with van der Waals surface area (Å²) in [4.78, 5) is 38.0. The summed E-state index contributed by atoms with van der Waals surface area (Å²) in [7, 11) is 1.26. The maximum absolute atomic E-state index is 13.0. The van der Waals surface area contributed by atoms with Gasteiger partial charge in [-0.3, -0.25) is 9.59 Å². The van der Waals surface area contributed by atoms with Crippen LogP contribution in [0.25, 0.3) is 0 Å². The second-order valence-electron chi connectivity index (χ2n) is 5.91. The minimum absolute atomic E-state index is 0.0452. The van der Waals surface area contributed by atoms with Gasteiger partial charge >= 0.3 is 5.97 Å². The topological polar surface area (TPSA) is 75.7 Å². The standard InChI is InChI=1S/C19H17FN2O4/c1-26-19(25)15-4-2-3-5-16(15)21-18(24)12-10-17(23)22(11-12)14-8-6-13(20)7-9-14/h2-9,12H,10-11H2,1H3,(H,21,24)/t12-/m1/s1. The predicted molar refractivity (Wildman–Crippen MR) is 93.3 cm³/mol. The van der Waals surface area contributed by atoms with Gasteiger partial charge in [-0.2, -0.15) is 0 Å². The van der Waals surface area contributed by atoms with E-state index in [9.17, 15) is 18.8 Å². The summed E-state index contributed by atoms with van der Waals surface area (Å²) in [5.74, 6) is -2.10. The highest BCUT2D eigenvalue weighted by atomic mass is 19.1. The third-order valence-corrected chi connectivity index (χ3v) is 4.22. The van der Waals surface area contributed by atoms with Crippen molar-refractivity contribution in [1.82, 2.24) is 0 Å². The van der Waals surface area contributed by atoms with Crippen LogP contribution in [0.1, 0.15) is 16.8 Å². The van der Waals surface area contributed by atoms with Gasteiger partial charge in [-0.15, -0.1) is 0 Å². The average Bonchev–Trinajstić information content (AvgIpc) is 3.04. The second kappa shape index (κ2) is 7.35. The van der Waals surface area contributed by atoms with Gasteiger partial charge in [-0.25, -0.2) is 9.18 Å². The molecule has 7 heteroatoms. The lowest BCUT2D eigenvalue weighted by atomic mass is 10.1. The van der Waals surface area contributed by atoms with E-state index in [1.54, 1.807) is 24.3 Å². The van der Waals surface area contributed by atoms with E-state index in [0.717, 1.165) is 0 Å². The summed E-state index contributed by atoms with van der Waals surface area (Å²) >= 11 is 0. The van der Waals surface area contributed by atoms with Crippen LogP contribution in [0, 0.1) is 11.7 Å². The Bertz CT molecular complexity index is 851. The molecule has 2 aromatic carbocycles. The van der Waals surface area contributed by atoms with Crippen molar-refractivity contribution in [3.8, 4) is 0 Å². The van der Waals surface area contributed by atoms with Crippen molar-refractivity contribution in [2.24, 2.45) is 5.92 Å².